The van der Waals surface area contributed by atoms with Gasteiger partial charge in [-0.05, 0) is 40.2 Å². The average molecular weight is 371 g/mol. The molecule has 0 bridgehead atoms. The van der Waals surface area contributed by atoms with Gasteiger partial charge in [0.2, 0.25) is 5.91 Å². The van der Waals surface area contributed by atoms with E-state index in [0.717, 1.165) is 8.68 Å². The molecule has 2 aromatic rings. The molecule has 0 fully saturated rings. The topological polar surface area (TPSA) is 72.2 Å². The number of nitrogens with one attached hydrogen (secondary N) is 1. The van der Waals surface area contributed by atoms with E-state index in [2.05, 4.69) is 21.2 Å². The number of hydrogen-bond acceptors (Lipinski definition) is 4. The van der Waals surface area contributed by atoms with Gasteiger partial charge in [-0.15, -0.1) is 23.1 Å². The molecule has 3 N–H and O–H groups in total. The summed E-state index contributed by atoms with van der Waals surface area (Å²) in [5, 5.41) is 2.84. The largest absolute Gasteiger partial charge is 0.369 e. The Balaban J connectivity index is 2.12. The Labute approximate surface area is 132 Å². The Hall–Kier alpha value is -1.31. The van der Waals surface area contributed by atoms with Gasteiger partial charge in [0.15, 0.2) is 0 Å². The van der Waals surface area contributed by atoms with Crippen molar-refractivity contribution in [3.63, 3.8) is 0 Å². The summed E-state index contributed by atoms with van der Waals surface area (Å²) in [5.41, 5.74) is 5.81. The highest BCUT2D eigenvalue weighted by Crippen LogP contribution is 2.28. The molecule has 0 saturated heterocycles. The summed E-state index contributed by atoms with van der Waals surface area (Å²) in [5.74, 6) is -0.386. The minimum atomic E-state index is -0.390. The fourth-order valence-corrected chi connectivity index (χ4v) is 3.49. The van der Waals surface area contributed by atoms with Crippen LogP contribution in [0.1, 0.15) is 9.67 Å². The number of hydrogen-bond donors (Lipinski definition) is 2. The van der Waals surface area contributed by atoms with E-state index in [1.165, 1.54) is 23.1 Å². The van der Waals surface area contributed by atoms with E-state index in [-0.39, 0.29) is 11.7 Å². The second-order valence-electron chi connectivity index (χ2n) is 3.81. The number of amides is 2. The fraction of sp³-hybridized carbons (Fsp3) is 0.0769. The van der Waals surface area contributed by atoms with Gasteiger partial charge < -0.3 is 11.1 Å². The van der Waals surface area contributed by atoms with E-state index >= 15 is 0 Å². The summed E-state index contributed by atoms with van der Waals surface area (Å²) in [6, 6.07) is 10.9. The number of benzene rings is 1. The van der Waals surface area contributed by atoms with Crippen molar-refractivity contribution in [2.24, 2.45) is 5.73 Å². The van der Waals surface area contributed by atoms with Crippen LogP contribution in [0.25, 0.3) is 0 Å². The van der Waals surface area contributed by atoms with Crippen molar-refractivity contribution in [3.8, 4) is 0 Å². The quantitative estimate of drug-likeness (QED) is 0.792. The molecule has 104 valence electrons. The minimum absolute atomic E-state index is 0.173. The van der Waals surface area contributed by atoms with Gasteiger partial charge in [-0.1, -0.05) is 12.1 Å². The summed E-state index contributed by atoms with van der Waals surface area (Å²) in [6.45, 7) is 0. The van der Waals surface area contributed by atoms with Gasteiger partial charge in [-0.3, -0.25) is 9.59 Å². The van der Waals surface area contributed by atoms with Crippen molar-refractivity contribution in [2.45, 2.75) is 4.90 Å². The predicted molar refractivity (Wildman–Crippen MR) is 86.3 cm³/mol. The van der Waals surface area contributed by atoms with Crippen LogP contribution in [0.5, 0.6) is 0 Å². The zero-order valence-electron chi connectivity index (χ0n) is 10.3. The first-order chi connectivity index (χ1) is 9.56. The minimum Gasteiger partial charge on any atom is -0.369 e. The second kappa shape index (κ2) is 6.92. The highest BCUT2D eigenvalue weighted by molar-refractivity contribution is 9.11. The summed E-state index contributed by atoms with van der Waals surface area (Å²) in [7, 11) is 0. The summed E-state index contributed by atoms with van der Waals surface area (Å²) >= 11 is 5.99. The Morgan fingerprint density at radius 1 is 1.25 bits per heavy atom. The van der Waals surface area contributed by atoms with Crippen LogP contribution in [0.4, 0.5) is 5.69 Å². The Bertz CT molecular complexity index is 643. The number of para-hydroxylation sites is 1. The molecule has 0 radical (unpaired) electrons. The molecule has 0 aliphatic heterocycles. The van der Waals surface area contributed by atoms with E-state index in [1.807, 2.05) is 24.3 Å². The molecular weight excluding hydrogens is 360 g/mol. The monoisotopic (exact) mass is 370 g/mol. The van der Waals surface area contributed by atoms with Crippen LogP contribution in [0.2, 0.25) is 0 Å². The second-order valence-corrected chi connectivity index (χ2v) is 7.29. The molecule has 1 heterocycles. The summed E-state index contributed by atoms with van der Waals surface area (Å²) in [6.07, 6.45) is 0. The number of halogens is 1. The lowest BCUT2D eigenvalue weighted by Gasteiger charge is -2.09. The van der Waals surface area contributed by atoms with Crippen LogP contribution in [-0.4, -0.2) is 17.6 Å². The molecule has 0 unspecified atom stereocenters. The fourth-order valence-electron chi connectivity index (χ4n) is 1.46. The van der Waals surface area contributed by atoms with E-state index in [4.69, 9.17) is 5.73 Å². The molecule has 0 saturated carbocycles. The highest BCUT2D eigenvalue weighted by Gasteiger charge is 2.11. The molecule has 1 aromatic heterocycles. The van der Waals surface area contributed by atoms with Crippen LogP contribution in [0.3, 0.4) is 0 Å². The number of primary amides is 1. The molecule has 0 spiro atoms. The number of carbonyl (C=O) groups excluding carboxylic acids is 2. The van der Waals surface area contributed by atoms with E-state index in [9.17, 15) is 9.59 Å². The van der Waals surface area contributed by atoms with E-state index in [0.29, 0.717) is 10.6 Å². The maximum absolute atomic E-state index is 12.1. The molecule has 2 rings (SSSR count). The molecule has 7 heteroatoms. The van der Waals surface area contributed by atoms with Crippen LogP contribution >= 0.6 is 39.0 Å². The third-order valence-electron chi connectivity index (χ3n) is 2.30. The molecule has 20 heavy (non-hydrogen) atoms. The lowest BCUT2D eigenvalue weighted by molar-refractivity contribution is -0.115. The van der Waals surface area contributed by atoms with E-state index < -0.39 is 5.91 Å². The highest BCUT2D eigenvalue weighted by atomic mass is 79.9. The molecule has 2 amide bonds. The van der Waals surface area contributed by atoms with Gasteiger partial charge in [0.05, 0.1) is 20.1 Å². The van der Waals surface area contributed by atoms with Crippen molar-refractivity contribution in [3.05, 3.63) is 45.1 Å². The molecule has 0 aliphatic carbocycles. The number of thiophene rings is 1. The zero-order chi connectivity index (χ0) is 14.5. The summed E-state index contributed by atoms with van der Waals surface area (Å²) in [4.78, 5) is 24.4. The standard InChI is InChI=1S/C13H11BrN2O2S2/c14-11-6-5-10(20-11)13(18)16-8-3-1-2-4-9(8)19-7-12(15)17/h1-6H,7H2,(H2,15,17)(H,16,18). The average Bonchev–Trinajstić information content (AvgIpc) is 2.84. The molecular formula is C13H11BrN2O2S2. The third-order valence-corrected chi connectivity index (χ3v) is 5.02. The number of thioether (sulfide) groups is 1. The molecule has 4 nitrogen and oxygen atoms in total. The summed E-state index contributed by atoms with van der Waals surface area (Å²) < 4.78 is 0.902. The normalized spacial score (nSPS) is 10.2. The van der Waals surface area contributed by atoms with E-state index in [1.54, 1.807) is 12.1 Å². The van der Waals surface area contributed by atoms with Crippen LogP contribution in [0, 0.1) is 0 Å². The Kier molecular flexibility index (Phi) is 5.22. The lowest BCUT2D eigenvalue weighted by atomic mass is 10.3. The number of rotatable bonds is 5. The third kappa shape index (κ3) is 4.09. The van der Waals surface area contributed by atoms with Gasteiger partial charge in [0.1, 0.15) is 0 Å². The maximum Gasteiger partial charge on any atom is 0.265 e. The molecule has 1 aromatic carbocycles. The van der Waals surface area contributed by atoms with Crippen LogP contribution in [-0.2, 0) is 4.79 Å². The predicted octanol–water partition coefficient (Wildman–Crippen LogP) is 3.34. The van der Waals surface area contributed by atoms with Crippen molar-refractivity contribution in [1.82, 2.24) is 0 Å². The van der Waals surface area contributed by atoms with Gasteiger partial charge in [0.25, 0.3) is 5.91 Å². The van der Waals surface area contributed by atoms with Gasteiger partial charge >= 0.3 is 0 Å². The van der Waals surface area contributed by atoms with Gasteiger partial charge in [-0.2, -0.15) is 0 Å². The van der Waals surface area contributed by atoms with Crippen molar-refractivity contribution in [1.29, 1.82) is 0 Å². The van der Waals surface area contributed by atoms with Crippen LogP contribution < -0.4 is 11.1 Å². The molecule has 0 atom stereocenters. The number of carbonyl (C=O) groups is 2. The SMILES string of the molecule is NC(=O)CSc1ccccc1NC(=O)c1ccc(Br)s1. The van der Waals surface area contributed by atoms with Gasteiger partial charge in [-0.25, -0.2) is 0 Å². The Morgan fingerprint density at radius 3 is 2.65 bits per heavy atom. The lowest BCUT2D eigenvalue weighted by Crippen LogP contribution is -2.14. The van der Waals surface area contributed by atoms with Crippen molar-refractivity contribution in [2.75, 3.05) is 11.1 Å². The first-order valence-electron chi connectivity index (χ1n) is 5.63. The number of anilines is 1. The van der Waals surface area contributed by atoms with Crippen LogP contribution in [0.15, 0.2) is 45.1 Å². The maximum atomic E-state index is 12.1. The first-order valence-corrected chi connectivity index (χ1v) is 8.22. The zero-order valence-corrected chi connectivity index (χ0v) is 13.5. The number of nitrogens with two attached hydrogens (primary N) is 1. The van der Waals surface area contributed by atoms with Crippen molar-refractivity contribution < 1.29 is 9.59 Å². The Morgan fingerprint density at radius 2 is 2.00 bits per heavy atom. The molecule has 0 aliphatic rings. The first kappa shape index (κ1) is 15.1. The van der Waals surface area contributed by atoms with Crippen molar-refractivity contribution >= 4 is 56.5 Å². The smallest absolute Gasteiger partial charge is 0.265 e. The van der Waals surface area contributed by atoms with Gasteiger partial charge in [0, 0.05) is 4.90 Å².